The van der Waals surface area contributed by atoms with E-state index in [0.29, 0.717) is 18.2 Å². The molecule has 1 amide bonds. The molecule has 1 atom stereocenters. The SMILES string of the molecule is Cc1noc(=O)c2cccc(NC(=O)C(O)(CC3(c4cc(C(F)(F)F)ccc4F)CC3)C(F)(F)F)c12. The molecule has 4 rings (SSSR count). The van der Waals surface area contributed by atoms with Crippen molar-refractivity contribution in [2.24, 2.45) is 0 Å². The highest BCUT2D eigenvalue weighted by atomic mass is 19.4. The lowest BCUT2D eigenvalue weighted by Crippen LogP contribution is -2.56. The van der Waals surface area contributed by atoms with Gasteiger partial charge in [0.25, 0.3) is 5.91 Å². The number of nitrogens with zero attached hydrogens (tertiary/aromatic N) is 1. The largest absolute Gasteiger partial charge is 0.426 e. The fraction of sp³-hybridized carbons (Fsp3) is 0.348. The van der Waals surface area contributed by atoms with Crippen molar-refractivity contribution in [3.05, 3.63) is 69.5 Å². The van der Waals surface area contributed by atoms with Crippen LogP contribution in [0.4, 0.5) is 36.4 Å². The molecular weight excluding hydrogens is 501 g/mol. The summed E-state index contributed by atoms with van der Waals surface area (Å²) in [5, 5.41) is 15.9. The average molecular weight is 518 g/mol. The number of aromatic nitrogens is 1. The van der Waals surface area contributed by atoms with Crippen LogP contribution in [0.5, 0.6) is 0 Å². The zero-order chi connectivity index (χ0) is 26.7. The molecule has 1 aliphatic carbocycles. The van der Waals surface area contributed by atoms with E-state index >= 15 is 0 Å². The summed E-state index contributed by atoms with van der Waals surface area (Å²) in [6.45, 7) is 1.37. The van der Waals surface area contributed by atoms with Crippen LogP contribution < -0.4 is 10.9 Å². The van der Waals surface area contributed by atoms with Crippen LogP contribution in [0.1, 0.15) is 36.1 Å². The van der Waals surface area contributed by atoms with E-state index in [1.165, 1.54) is 25.1 Å². The molecule has 1 heterocycles. The maximum Gasteiger partial charge on any atom is 0.426 e. The van der Waals surface area contributed by atoms with Crippen molar-refractivity contribution < 1.29 is 45.2 Å². The standard InChI is InChI=1S/C23H17F7N2O4/c1-11-17-13(18(33)36-32-11)3-2-4-16(17)31-19(34)21(35,23(28,29)30)10-20(7-8-20)14-9-12(22(25,26)27)5-6-15(14)24/h2-6,9,35H,7-8,10H2,1H3,(H,31,34). The molecule has 192 valence electrons. The number of benzene rings is 2. The van der Waals surface area contributed by atoms with Crippen molar-refractivity contribution in [1.29, 1.82) is 0 Å². The number of carbonyl (C=O) groups excluding carboxylic acids is 1. The van der Waals surface area contributed by atoms with Crippen LogP contribution in [0.25, 0.3) is 10.8 Å². The molecule has 13 heteroatoms. The molecule has 36 heavy (non-hydrogen) atoms. The maximum absolute atomic E-state index is 14.5. The van der Waals surface area contributed by atoms with Crippen LogP contribution in [0.2, 0.25) is 0 Å². The molecule has 0 aliphatic heterocycles. The molecule has 0 radical (unpaired) electrons. The quantitative estimate of drug-likeness (QED) is 0.464. The van der Waals surface area contributed by atoms with Gasteiger partial charge in [0, 0.05) is 17.2 Å². The van der Waals surface area contributed by atoms with Gasteiger partial charge < -0.3 is 14.9 Å². The lowest BCUT2D eigenvalue weighted by atomic mass is 9.81. The highest BCUT2D eigenvalue weighted by Crippen LogP contribution is 2.57. The van der Waals surface area contributed by atoms with Crippen LogP contribution in [0, 0.1) is 12.7 Å². The Balaban J connectivity index is 1.74. The van der Waals surface area contributed by atoms with Crippen molar-refractivity contribution in [3.63, 3.8) is 0 Å². The Labute approximate surface area is 197 Å². The first kappa shape index (κ1) is 25.6. The van der Waals surface area contributed by atoms with Gasteiger partial charge in [0.05, 0.1) is 22.3 Å². The average Bonchev–Trinajstić information content (AvgIpc) is 3.55. The zero-order valence-electron chi connectivity index (χ0n) is 18.4. The number of halogens is 7. The summed E-state index contributed by atoms with van der Waals surface area (Å²) in [5.41, 5.74) is -9.06. The Morgan fingerprint density at radius 2 is 1.81 bits per heavy atom. The van der Waals surface area contributed by atoms with Crippen molar-refractivity contribution in [2.75, 3.05) is 5.32 Å². The molecule has 1 fully saturated rings. The fourth-order valence-corrected chi connectivity index (χ4v) is 4.25. The number of aryl methyl sites for hydroxylation is 1. The number of fused-ring (bicyclic) bond motifs is 1. The second kappa shape index (κ2) is 8.29. The smallest absolute Gasteiger partial charge is 0.373 e. The maximum atomic E-state index is 14.5. The van der Waals surface area contributed by atoms with Gasteiger partial charge in [-0.3, -0.25) is 4.79 Å². The molecule has 1 saturated carbocycles. The fourth-order valence-electron chi connectivity index (χ4n) is 4.25. The molecule has 2 aromatic carbocycles. The van der Waals surface area contributed by atoms with E-state index in [2.05, 4.69) is 9.68 Å². The van der Waals surface area contributed by atoms with E-state index in [0.717, 1.165) is 0 Å². The molecule has 1 aromatic heterocycles. The van der Waals surface area contributed by atoms with E-state index in [1.807, 2.05) is 5.32 Å². The predicted molar refractivity (Wildman–Crippen MR) is 112 cm³/mol. The van der Waals surface area contributed by atoms with Crippen LogP contribution in [0.15, 0.2) is 45.7 Å². The summed E-state index contributed by atoms with van der Waals surface area (Å²) in [6, 6.07) is 5.05. The Hall–Kier alpha value is -3.48. The number of aliphatic hydroxyl groups is 1. The number of anilines is 1. The van der Waals surface area contributed by atoms with Crippen molar-refractivity contribution in [3.8, 4) is 0 Å². The highest BCUT2D eigenvalue weighted by Gasteiger charge is 2.65. The number of nitrogens with one attached hydrogen (secondary N) is 1. The van der Waals surface area contributed by atoms with E-state index in [1.54, 1.807) is 0 Å². The minimum absolute atomic E-state index is 0.0308. The van der Waals surface area contributed by atoms with Gasteiger partial charge in [-0.1, -0.05) is 11.2 Å². The Kier molecular flexibility index (Phi) is 5.90. The number of alkyl halides is 6. The second-order valence-electron chi connectivity index (χ2n) is 8.75. The van der Waals surface area contributed by atoms with E-state index in [4.69, 9.17) is 0 Å². The predicted octanol–water partition coefficient (Wildman–Crippen LogP) is 5.01. The summed E-state index contributed by atoms with van der Waals surface area (Å²) < 4.78 is 101. The van der Waals surface area contributed by atoms with Crippen LogP contribution >= 0.6 is 0 Å². The highest BCUT2D eigenvalue weighted by molar-refractivity contribution is 6.05. The molecule has 2 N–H and O–H groups in total. The van der Waals surface area contributed by atoms with Gasteiger partial charge in [-0.25, -0.2) is 9.18 Å². The molecule has 0 spiro atoms. The number of amides is 1. The Bertz CT molecular complexity index is 1410. The lowest BCUT2D eigenvalue weighted by Gasteiger charge is -2.33. The molecular formula is C23H17F7N2O4. The molecule has 3 aromatic rings. The molecule has 1 unspecified atom stereocenters. The van der Waals surface area contributed by atoms with Crippen molar-refractivity contribution in [2.45, 2.75) is 49.6 Å². The van der Waals surface area contributed by atoms with Crippen LogP contribution in [-0.2, 0) is 16.4 Å². The first-order chi connectivity index (χ1) is 16.6. The summed E-state index contributed by atoms with van der Waals surface area (Å²) in [4.78, 5) is 24.8. The third kappa shape index (κ3) is 4.31. The zero-order valence-corrected chi connectivity index (χ0v) is 18.4. The number of carbonyl (C=O) groups is 1. The molecule has 0 saturated heterocycles. The second-order valence-corrected chi connectivity index (χ2v) is 8.75. The number of hydrogen-bond acceptors (Lipinski definition) is 5. The van der Waals surface area contributed by atoms with Gasteiger partial charge in [0.15, 0.2) is 0 Å². The molecule has 0 bridgehead atoms. The Morgan fingerprint density at radius 1 is 1.14 bits per heavy atom. The van der Waals surface area contributed by atoms with Gasteiger partial charge >= 0.3 is 18.0 Å². The normalized spacial score (nSPS) is 17.0. The van der Waals surface area contributed by atoms with Gasteiger partial charge in [-0.15, -0.1) is 0 Å². The molecule has 1 aliphatic rings. The van der Waals surface area contributed by atoms with Crippen molar-refractivity contribution >= 4 is 22.4 Å². The first-order valence-electron chi connectivity index (χ1n) is 10.5. The van der Waals surface area contributed by atoms with Gasteiger partial charge in [0.1, 0.15) is 5.82 Å². The van der Waals surface area contributed by atoms with Gasteiger partial charge in [-0.2, -0.15) is 26.3 Å². The third-order valence-corrected chi connectivity index (χ3v) is 6.32. The number of rotatable bonds is 5. The summed E-state index contributed by atoms with van der Waals surface area (Å²) in [6.07, 6.45) is -12.3. The van der Waals surface area contributed by atoms with Gasteiger partial charge in [0.2, 0.25) is 5.60 Å². The lowest BCUT2D eigenvalue weighted by molar-refractivity contribution is -0.253. The van der Waals surface area contributed by atoms with Crippen LogP contribution in [-0.4, -0.2) is 27.9 Å². The monoisotopic (exact) mass is 518 g/mol. The van der Waals surface area contributed by atoms with Crippen LogP contribution in [0.3, 0.4) is 0 Å². The molecule has 6 nitrogen and oxygen atoms in total. The van der Waals surface area contributed by atoms with E-state index in [-0.39, 0.29) is 35.0 Å². The van der Waals surface area contributed by atoms with E-state index in [9.17, 15) is 45.4 Å². The third-order valence-electron chi connectivity index (χ3n) is 6.32. The van der Waals surface area contributed by atoms with Gasteiger partial charge in [-0.05, 0) is 55.7 Å². The first-order valence-corrected chi connectivity index (χ1v) is 10.5. The Morgan fingerprint density at radius 3 is 2.39 bits per heavy atom. The summed E-state index contributed by atoms with van der Waals surface area (Å²) in [5.74, 6) is -3.14. The van der Waals surface area contributed by atoms with E-state index < -0.39 is 58.3 Å². The number of hydrogen-bond donors (Lipinski definition) is 2. The van der Waals surface area contributed by atoms with Crippen molar-refractivity contribution in [1.82, 2.24) is 5.16 Å². The minimum Gasteiger partial charge on any atom is -0.373 e. The topological polar surface area (TPSA) is 92.4 Å². The summed E-state index contributed by atoms with van der Waals surface area (Å²) in [7, 11) is 0. The minimum atomic E-state index is -5.58. The summed E-state index contributed by atoms with van der Waals surface area (Å²) >= 11 is 0.